The van der Waals surface area contributed by atoms with Crippen molar-refractivity contribution < 1.29 is 0 Å². The van der Waals surface area contributed by atoms with Crippen LogP contribution in [0.5, 0.6) is 0 Å². The Labute approximate surface area is 303 Å². The zero-order valence-electron chi connectivity index (χ0n) is 28.3. The van der Waals surface area contributed by atoms with Crippen molar-refractivity contribution >= 4 is 60.0 Å². The van der Waals surface area contributed by atoms with Crippen LogP contribution in [0.3, 0.4) is 0 Å². The van der Waals surface area contributed by atoms with E-state index >= 15 is 0 Å². The maximum atomic E-state index is 5.23. The van der Waals surface area contributed by atoms with E-state index in [1.54, 1.807) is 0 Å². The highest BCUT2D eigenvalue weighted by Crippen LogP contribution is 2.41. The first-order valence-electron chi connectivity index (χ1n) is 17.7. The van der Waals surface area contributed by atoms with Gasteiger partial charge < -0.3 is 4.40 Å². The van der Waals surface area contributed by atoms with Crippen LogP contribution >= 0.6 is 0 Å². The fourth-order valence-corrected chi connectivity index (χ4v) is 7.89. The number of hydrogen-bond donors (Lipinski definition) is 0. The van der Waals surface area contributed by atoms with Crippen LogP contribution in [0.4, 0.5) is 0 Å². The Bertz CT molecular complexity index is 3220. The Kier molecular flexibility index (Phi) is 6.45. The lowest BCUT2D eigenvalue weighted by Crippen LogP contribution is -1.94. The quantitative estimate of drug-likeness (QED) is 0.174. The second kappa shape index (κ2) is 11.6. The number of benzene rings is 5. The smallest absolute Gasteiger partial charge is 0.146 e. The summed E-state index contributed by atoms with van der Waals surface area (Å²) in [7, 11) is 0. The highest BCUT2D eigenvalue weighted by Gasteiger charge is 2.18. The molecule has 0 aliphatic rings. The maximum Gasteiger partial charge on any atom is 0.146 e. The third-order valence-corrected chi connectivity index (χ3v) is 10.3. The fourth-order valence-electron chi connectivity index (χ4n) is 7.89. The highest BCUT2D eigenvalue weighted by atomic mass is 15.0. The number of pyridine rings is 5. The molecular formula is C47H28N6. The molecule has 6 aromatic heterocycles. The van der Waals surface area contributed by atoms with Crippen LogP contribution in [0.2, 0.25) is 0 Å². The fraction of sp³-hybridized carbons (Fsp3) is 0. The average Bonchev–Trinajstić information content (AvgIpc) is 3.68. The van der Waals surface area contributed by atoms with E-state index in [4.69, 9.17) is 19.9 Å². The Balaban J connectivity index is 1.05. The molecule has 0 N–H and O–H groups in total. The Morgan fingerprint density at radius 3 is 1.96 bits per heavy atom. The summed E-state index contributed by atoms with van der Waals surface area (Å²) in [5.74, 6) is 0. The molecule has 0 unspecified atom stereocenters. The molecule has 0 aliphatic heterocycles. The molecule has 0 fully saturated rings. The number of nitrogens with zero attached hydrogens (tertiary/aromatic N) is 6. The lowest BCUT2D eigenvalue weighted by Gasteiger charge is -2.15. The van der Waals surface area contributed by atoms with Crippen LogP contribution in [0, 0.1) is 0 Å². The van der Waals surface area contributed by atoms with Crippen LogP contribution in [-0.4, -0.2) is 29.3 Å². The van der Waals surface area contributed by atoms with Gasteiger partial charge in [-0.1, -0.05) is 103 Å². The summed E-state index contributed by atoms with van der Waals surface area (Å²) >= 11 is 0. The summed E-state index contributed by atoms with van der Waals surface area (Å²) in [6.45, 7) is 0. The molecule has 0 radical (unpaired) electrons. The number of aromatic nitrogens is 6. The molecule has 0 saturated heterocycles. The maximum absolute atomic E-state index is 5.23. The molecule has 11 aromatic rings. The van der Waals surface area contributed by atoms with Gasteiger partial charge in [-0.25, -0.2) is 9.97 Å². The van der Waals surface area contributed by atoms with Crippen molar-refractivity contribution in [2.75, 3.05) is 0 Å². The van der Waals surface area contributed by atoms with Crippen molar-refractivity contribution in [3.05, 3.63) is 171 Å². The van der Waals surface area contributed by atoms with Gasteiger partial charge in [0, 0.05) is 80.0 Å². The molecule has 0 aliphatic carbocycles. The molecule has 6 nitrogen and oxygen atoms in total. The summed E-state index contributed by atoms with van der Waals surface area (Å²) < 4.78 is 2.12. The van der Waals surface area contributed by atoms with E-state index < -0.39 is 0 Å². The van der Waals surface area contributed by atoms with E-state index in [2.05, 4.69) is 119 Å². The van der Waals surface area contributed by atoms with Crippen molar-refractivity contribution in [3.63, 3.8) is 0 Å². The minimum Gasteiger partial charge on any atom is -0.306 e. The van der Waals surface area contributed by atoms with Gasteiger partial charge in [0.05, 0.1) is 33.5 Å². The number of hydrogen-bond acceptors (Lipinski definition) is 5. The summed E-state index contributed by atoms with van der Waals surface area (Å²) in [5.41, 5.74) is 13.0. The summed E-state index contributed by atoms with van der Waals surface area (Å²) in [5, 5.41) is 6.46. The average molecular weight is 677 g/mol. The third kappa shape index (κ3) is 4.63. The standard InChI is InChI=1S/C47H28N6/c1-2-9-30(10-3-1)41-28-53-26-22-38-42(47(53)52-41)37-12-4-5-15-40(37)51-43(38)31-18-16-29(17-19-31)33-20-21-34(35-13-7-24-49-45(33)35)39-27-32-11-6-23-48-44(32)46-36(39)14-8-25-50-46/h1-28H. The van der Waals surface area contributed by atoms with E-state index in [0.29, 0.717) is 0 Å². The van der Waals surface area contributed by atoms with Gasteiger partial charge in [0.2, 0.25) is 0 Å². The van der Waals surface area contributed by atoms with Gasteiger partial charge in [-0.15, -0.1) is 0 Å². The molecule has 53 heavy (non-hydrogen) atoms. The van der Waals surface area contributed by atoms with Gasteiger partial charge >= 0.3 is 0 Å². The summed E-state index contributed by atoms with van der Waals surface area (Å²) in [6.07, 6.45) is 9.74. The molecule has 0 amide bonds. The van der Waals surface area contributed by atoms with E-state index in [-0.39, 0.29) is 0 Å². The van der Waals surface area contributed by atoms with E-state index in [9.17, 15) is 0 Å². The van der Waals surface area contributed by atoms with E-state index in [1.165, 1.54) is 0 Å². The SMILES string of the molecule is c1ccc(-c2cn3ccc4c(-c5ccc(-c6ccc(-c7cc8cccnc8c8ncccc78)c7cccnc67)cc5)nc5ccccc5c4c3n2)cc1. The van der Waals surface area contributed by atoms with Crippen LogP contribution < -0.4 is 0 Å². The summed E-state index contributed by atoms with van der Waals surface area (Å²) in [4.78, 5) is 24.7. The normalized spacial score (nSPS) is 11.8. The van der Waals surface area contributed by atoms with Crippen molar-refractivity contribution in [1.29, 1.82) is 0 Å². The number of para-hydroxylation sites is 1. The monoisotopic (exact) mass is 676 g/mol. The van der Waals surface area contributed by atoms with Crippen LogP contribution in [-0.2, 0) is 0 Å². The lowest BCUT2D eigenvalue weighted by molar-refractivity contribution is 1.20. The predicted molar refractivity (Wildman–Crippen MR) is 216 cm³/mol. The van der Waals surface area contributed by atoms with Crippen molar-refractivity contribution in [2.24, 2.45) is 0 Å². The van der Waals surface area contributed by atoms with Crippen molar-refractivity contribution in [3.8, 4) is 44.8 Å². The Hall–Kier alpha value is -7.31. The Morgan fingerprint density at radius 1 is 0.434 bits per heavy atom. The molecular weight excluding hydrogens is 649 g/mol. The minimum atomic E-state index is 0.900. The van der Waals surface area contributed by atoms with Gasteiger partial charge in [-0.3, -0.25) is 15.0 Å². The van der Waals surface area contributed by atoms with Gasteiger partial charge in [-0.05, 0) is 53.1 Å². The molecule has 0 spiro atoms. The second-order valence-corrected chi connectivity index (χ2v) is 13.3. The van der Waals surface area contributed by atoms with Crippen LogP contribution in [0.25, 0.3) is 105 Å². The molecule has 6 heterocycles. The largest absolute Gasteiger partial charge is 0.306 e. The molecule has 11 rings (SSSR count). The minimum absolute atomic E-state index is 0.900. The molecule has 0 saturated carbocycles. The molecule has 6 heteroatoms. The lowest BCUT2D eigenvalue weighted by atomic mass is 9.91. The first-order chi connectivity index (χ1) is 26.3. The molecule has 0 atom stereocenters. The Morgan fingerprint density at radius 2 is 1.11 bits per heavy atom. The van der Waals surface area contributed by atoms with Crippen LogP contribution in [0.1, 0.15) is 0 Å². The van der Waals surface area contributed by atoms with Crippen LogP contribution in [0.15, 0.2) is 171 Å². The van der Waals surface area contributed by atoms with Gasteiger partial charge in [-0.2, -0.15) is 0 Å². The second-order valence-electron chi connectivity index (χ2n) is 13.3. The predicted octanol–water partition coefficient (Wildman–Crippen LogP) is 11.3. The van der Waals surface area contributed by atoms with Crippen molar-refractivity contribution in [1.82, 2.24) is 29.3 Å². The molecule has 246 valence electrons. The summed E-state index contributed by atoms with van der Waals surface area (Å²) in [6, 6.07) is 48.6. The topological polar surface area (TPSA) is 68.9 Å². The van der Waals surface area contributed by atoms with Gasteiger partial charge in [0.1, 0.15) is 5.65 Å². The molecule has 0 bridgehead atoms. The van der Waals surface area contributed by atoms with E-state index in [0.717, 1.165) is 105 Å². The highest BCUT2D eigenvalue weighted by molar-refractivity contribution is 6.17. The first kappa shape index (κ1) is 29.4. The molecule has 5 aromatic carbocycles. The number of fused-ring (bicyclic) bond motifs is 9. The first-order valence-corrected chi connectivity index (χ1v) is 17.7. The van der Waals surface area contributed by atoms with Gasteiger partial charge in [0.25, 0.3) is 0 Å². The number of rotatable bonds is 4. The third-order valence-electron chi connectivity index (χ3n) is 10.3. The zero-order chi connectivity index (χ0) is 34.9. The van der Waals surface area contributed by atoms with Gasteiger partial charge in [0.15, 0.2) is 0 Å². The number of imidazole rings is 1. The zero-order valence-corrected chi connectivity index (χ0v) is 28.3. The van der Waals surface area contributed by atoms with E-state index in [1.807, 2.05) is 61.1 Å². The van der Waals surface area contributed by atoms with Crippen molar-refractivity contribution in [2.45, 2.75) is 0 Å².